The highest BCUT2D eigenvalue weighted by atomic mass is 32.2. The van der Waals surface area contributed by atoms with E-state index in [4.69, 9.17) is 4.74 Å². The van der Waals surface area contributed by atoms with Crippen molar-refractivity contribution in [2.75, 3.05) is 30.8 Å². The zero-order valence-electron chi connectivity index (χ0n) is 20.8. The van der Waals surface area contributed by atoms with Crippen molar-refractivity contribution in [1.29, 1.82) is 0 Å². The Balaban J connectivity index is 2.42. The van der Waals surface area contributed by atoms with Crippen LogP contribution in [-0.2, 0) is 26.2 Å². The number of carbonyl (C=O) groups excluding carboxylic acids is 2. The number of anilines is 1. The van der Waals surface area contributed by atoms with Crippen LogP contribution in [-0.4, -0.2) is 57.6 Å². The summed E-state index contributed by atoms with van der Waals surface area (Å²) in [6.45, 7) is 7.43. The van der Waals surface area contributed by atoms with E-state index in [0.29, 0.717) is 18.0 Å². The molecule has 186 valence electrons. The Bertz CT molecular complexity index is 1080. The Morgan fingerprint density at radius 3 is 2.15 bits per heavy atom. The number of hydrogen-bond acceptors (Lipinski definition) is 5. The predicted octanol–water partition coefficient (Wildman–Crippen LogP) is 3.02. The van der Waals surface area contributed by atoms with Crippen molar-refractivity contribution in [3.05, 3.63) is 59.2 Å². The average Bonchev–Trinajstić information content (AvgIpc) is 2.79. The van der Waals surface area contributed by atoms with Crippen LogP contribution < -0.4 is 14.4 Å². The highest BCUT2D eigenvalue weighted by Gasteiger charge is 2.31. The molecule has 1 atom stereocenters. The van der Waals surface area contributed by atoms with Crippen LogP contribution in [0.1, 0.15) is 37.0 Å². The summed E-state index contributed by atoms with van der Waals surface area (Å²) in [4.78, 5) is 27.7. The van der Waals surface area contributed by atoms with Crippen molar-refractivity contribution in [1.82, 2.24) is 10.2 Å². The SMILES string of the molecule is CCCNC(=O)[C@@H](C)N(Cc1ccc(OC)cc1)C(=O)CN(c1c(C)cccc1C)S(C)(=O)=O. The lowest BCUT2D eigenvalue weighted by Crippen LogP contribution is -2.51. The number of rotatable bonds is 11. The molecular weight excluding hydrogens is 454 g/mol. The molecule has 0 aliphatic rings. The Labute approximate surface area is 202 Å². The molecular formula is C25H35N3O5S. The van der Waals surface area contributed by atoms with Gasteiger partial charge in [0, 0.05) is 13.1 Å². The van der Waals surface area contributed by atoms with E-state index >= 15 is 0 Å². The number of nitrogens with one attached hydrogen (secondary N) is 1. The molecule has 0 unspecified atom stereocenters. The molecule has 34 heavy (non-hydrogen) atoms. The molecule has 0 radical (unpaired) electrons. The smallest absolute Gasteiger partial charge is 0.244 e. The summed E-state index contributed by atoms with van der Waals surface area (Å²) in [5, 5.41) is 2.82. The van der Waals surface area contributed by atoms with Crippen molar-refractivity contribution in [2.24, 2.45) is 0 Å². The van der Waals surface area contributed by atoms with Gasteiger partial charge in [-0.15, -0.1) is 0 Å². The number of methoxy groups -OCH3 is 1. The van der Waals surface area contributed by atoms with E-state index in [2.05, 4.69) is 5.32 Å². The second-order valence-electron chi connectivity index (χ2n) is 8.35. The number of nitrogens with zero attached hydrogens (tertiary/aromatic N) is 2. The summed E-state index contributed by atoms with van der Waals surface area (Å²) >= 11 is 0. The molecule has 8 nitrogen and oxygen atoms in total. The van der Waals surface area contributed by atoms with E-state index in [-0.39, 0.29) is 12.5 Å². The minimum absolute atomic E-state index is 0.147. The third-order valence-corrected chi connectivity index (χ3v) is 6.71. The number of aryl methyl sites for hydroxylation is 2. The van der Waals surface area contributed by atoms with Crippen molar-refractivity contribution in [3.63, 3.8) is 0 Å². The number of amides is 2. The van der Waals surface area contributed by atoms with Gasteiger partial charge in [0.25, 0.3) is 0 Å². The van der Waals surface area contributed by atoms with E-state index in [1.54, 1.807) is 52.1 Å². The van der Waals surface area contributed by atoms with E-state index in [1.165, 1.54) is 4.90 Å². The lowest BCUT2D eigenvalue weighted by atomic mass is 10.1. The third kappa shape index (κ3) is 6.96. The quantitative estimate of drug-likeness (QED) is 0.523. The van der Waals surface area contributed by atoms with Gasteiger partial charge in [-0.25, -0.2) is 8.42 Å². The summed E-state index contributed by atoms with van der Waals surface area (Å²) in [5.74, 6) is -0.0848. The van der Waals surface area contributed by atoms with Gasteiger partial charge >= 0.3 is 0 Å². The van der Waals surface area contributed by atoms with Crippen molar-refractivity contribution >= 4 is 27.5 Å². The van der Waals surface area contributed by atoms with E-state index in [0.717, 1.165) is 33.7 Å². The van der Waals surface area contributed by atoms with Crippen LogP contribution in [0.4, 0.5) is 5.69 Å². The van der Waals surface area contributed by atoms with E-state index in [1.807, 2.05) is 25.1 Å². The van der Waals surface area contributed by atoms with Crippen molar-refractivity contribution < 1.29 is 22.7 Å². The molecule has 2 aromatic rings. The molecule has 2 amide bonds. The van der Waals surface area contributed by atoms with Crippen LogP contribution in [0.25, 0.3) is 0 Å². The predicted molar refractivity (Wildman–Crippen MR) is 134 cm³/mol. The number of para-hydroxylation sites is 1. The first kappa shape index (κ1) is 27.2. The number of sulfonamides is 1. The number of ether oxygens (including phenoxy) is 1. The molecule has 0 saturated carbocycles. The van der Waals surface area contributed by atoms with Crippen molar-refractivity contribution in [3.8, 4) is 5.75 Å². The van der Waals surface area contributed by atoms with E-state index in [9.17, 15) is 18.0 Å². The minimum Gasteiger partial charge on any atom is -0.497 e. The van der Waals surface area contributed by atoms with Gasteiger partial charge in [-0.05, 0) is 56.0 Å². The molecule has 0 aromatic heterocycles. The van der Waals surface area contributed by atoms with Gasteiger partial charge < -0.3 is 15.0 Å². The number of benzene rings is 2. The maximum atomic E-state index is 13.6. The average molecular weight is 490 g/mol. The molecule has 0 spiro atoms. The first-order valence-corrected chi connectivity index (χ1v) is 13.1. The fourth-order valence-electron chi connectivity index (χ4n) is 3.68. The third-order valence-electron chi connectivity index (χ3n) is 5.60. The Morgan fingerprint density at radius 1 is 1.06 bits per heavy atom. The van der Waals surface area contributed by atoms with Gasteiger partial charge in [0.05, 0.1) is 19.1 Å². The first-order valence-electron chi connectivity index (χ1n) is 11.2. The second kappa shape index (κ2) is 11.9. The summed E-state index contributed by atoms with van der Waals surface area (Å²) < 4.78 is 31.8. The standard InChI is InChI=1S/C25H35N3O5S/c1-7-15-26-25(30)20(4)27(16-21-11-13-22(33-5)14-12-21)23(29)17-28(34(6,31)32)24-18(2)9-8-10-19(24)3/h8-14,20H,7,15-17H2,1-6H3,(H,26,30)/t20-/m1/s1. The summed E-state index contributed by atoms with van der Waals surface area (Å²) in [6.07, 6.45) is 1.84. The molecule has 0 aliphatic carbocycles. The van der Waals surface area contributed by atoms with Crippen LogP contribution in [0.2, 0.25) is 0 Å². The molecule has 1 N–H and O–H groups in total. The summed E-state index contributed by atoms with van der Waals surface area (Å²) in [5.41, 5.74) is 2.76. The Morgan fingerprint density at radius 2 is 1.65 bits per heavy atom. The molecule has 0 saturated heterocycles. The van der Waals surface area contributed by atoms with Gasteiger partial charge in [0.1, 0.15) is 18.3 Å². The highest BCUT2D eigenvalue weighted by Crippen LogP contribution is 2.27. The van der Waals surface area contributed by atoms with Gasteiger partial charge in [0.15, 0.2) is 0 Å². The van der Waals surface area contributed by atoms with Crippen molar-refractivity contribution in [2.45, 2.75) is 46.7 Å². The fraction of sp³-hybridized carbons (Fsp3) is 0.440. The largest absolute Gasteiger partial charge is 0.497 e. The maximum absolute atomic E-state index is 13.6. The Kier molecular flexibility index (Phi) is 9.49. The van der Waals surface area contributed by atoms with Crippen LogP contribution in [0.15, 0.2) is 42.5 Å². The minimum atomic E-state index is -3.76. The van der Waals surface area contributed by atoms with Gasteiger partial charge in [0.2, 0.25) is 21.8 Å². The van der Waals surface area contributed by atoms with Gasteiger partial charge in [-0.1, -0.05) is 37.3 Å². The van der Waals surface area contributed by atoms with Crippen LogP contribution in [0.5, 0.6) is 5.75 Å². The van der Waals surface area contributed by atoms with Gasteiger partial charge in [-0.3, -0.25) is 13.9 Å². The highest BCUT2D eigenvalue weighted by molar-refractivity contribution is 7.92. The molecule has 2 rings (SSSR count). The van der Waals surface area contributed by atoms with E-state index < -0.39 is 28.5 Å². The molecule has 0 aliphatic heterocycles. The molecule has 0 bridgehead atoms. The summed E-state index contributed by atoms with van der Waals surface area (Å²) in [7, 11) is -2.20. The molecule has 0 heterocycles. The van der Waals surface area contributed by atoms with Crippen LogP contribution >= 0.6 is 0 Å². The molecule has 9 heteroatoms. The molecule has 0 fully saturated rings. The first-order chi connectivity index (χ1) is 16.0. The topological polar surface area (TPSA) is 96.0 Å². The second-order valence-corrected chi connectivity index (χ2v) is 10.3. The zero-order valence-corrected chi connectivity index (χ0v) is 21.6. The number of hydrogen-bond donors (Lipinski definition) is 1. The number of carbonyl (C=O) groups is 2. The van der Waals surface area contributed by atoms with Crippen LogP contribution in [0, 0.1) is 13.8 Å². The zero-order chi connectivity index (χ0) is 25.5. The summed E-state index contributed by atoms with van der Waals surface area (Å²) in [6, 6.07) is 11.8. The van der Waals surface area contributed by atoms with Gasteiger partial charge in [-0.2, -0.15) is 0 Å². The maximum Gasteiger partial charge on any atom is 0.244 e. The fourth-order valence-corrected chi connectivity index (χ4v) is 4.65. The monoisotopic (exact) mass is 489 g/mol. The van der Waals surface area contributed by atoms with Crippen LogP contribution in [0.3, 0.4) is 0 Å². The lowest BCUT2D eigenvalue weighted by molar-refractivity contribution is -0.139. The Hall–Kier alpha value is -3.07. The molecule has 2 aromatic carbocycles. The normalized spacial score (nSPS) is 12.1. The lowest BCUT2D eigenvalue weighted by Gasteiger charge is -2.32.